The fraction of sp³-hybridized carbons (Fsp3) is 0.364. The van der Waals surface area contributed by atoms with E-state index in [9.17, 15) is 23.5 Å². The number of hydrogen-bond donors (Lipinski definition) is 1. The van der Waals surface area contributed by atoms with Crippen molar-refractivity contribution in [2.45, 2.75) is 30.6 Å². The van der Waals surface area contributed by atoms with Crippen LogP contribution < -0.4 is 0 Å². The number of carboxylic acids is 1. The molecule has 2 unspecified atom stereocenters. The number of rotatable bonds is 4. The van der Waals surface area contributed by atoms with Crippen LogP contribution in [0, 0.1) is 17.6 Å². The normalized spacial score (nSPS) is 23.3. The van der Waals surface area contributed by atoms with E-state index in [1.165, 1.54) is 12.1 Å². The predicted molar refractivity (Wildman–Crippen MR) is 98.8 cm³/mol. The zero-order chi connectivity index (χ0) is 19.9. The van der Waals surface area contributed by atoms with Gasteiger partial charge in [-0.25, -0.2) is 8.78 Å². The lowest BCUT2D eigenvalue weighted by Crippen LogP contribution is -2.49. The molecule has 28 heavy (non-hydrogen) atoms. The van der Waals surface area contributed by atoms with Gasteiger partial charge in [-0.3, -0.25) is 9.59 Å². The molecule has 0 bridgehead atoms. The van der Waals surface area contributed by atoms with E-state index in [-0.39, 0.29) is 23.3 Å². The molecule has 2 atom stereocenters. The van der Waals surface area contributed by atoms with Gasteiger partial charge < -0.3 is 10.0 Å². The van der Waals surface area contributed by atoms with E-state index < -0.39 is 23.0 Å². The summed E-state index contributed by atoms with van der Waals surface area (Å²) in [7, 11) is 0. The smallest absolute Gasteiger partial charge is 0.314 e. The first kappa shape index (κ1) is 18.6. The quantitative estimate of drug-likeness (QED) is 0.873. The number of likely N-dealkylation sites (tertiary alicyclic amines) is 1. The summed E-state index contributed by atoms with van der Waals surface area (Å²) in [4.78, 5) is 26.5. The molecule has 2 fully saturated rings. The molecule has 1 heterocycles. The van der Waals surface area contributed by atoms with Crippen LogP contribution in [0.1, 0.15) is 36.3 Å². The fourth-order valence-electron chi connectivity index (χ4n) is 4.35. The number of hydrogen-bond acceptors (Lipinski definition) is 2. The zero-order valence-electron chi connectivity index (χ0n) is 15.3. The van der Waals surface area contributed by atoms with Crippen LogP contribution in [0.2, 0.25) is 0 Å². The van der Waals surface area contributed by atoms with Crippen molar-refractivity contribution >= 4 is 11.9 Å². The first-order valence-electron chi connectivity index (χ1n) is 9.45. The lowest BCUT2D eigenvalue weighted by molar-refractivity contribution is -0.148. The van der Waals surface area contributed by atoms with Crippen LogP contribution in [0.15, 0.2) is 48.5 Å². The molecule has 0 aromatic heterocycles. The van der Waals surface area contributed by atoms with Crippen LogP contribution in [0.25, 0.3) is 0 Å². The second kappa shape index (κ2) is 7.00. The van der Waals surface area contributed by atoms with Crippen LogP contribution in [-0.4, -0.2) is 35.0 Å². The Kier molecular flexibility index (Phi) is 4.65. The number of aliphatic carboxylic acids is 1. The topological polar surface area (TPSA) is 57.6 Å². The van der Waals surface area contributed by atoms with Crippen molar-refractivity contribution in [1.82, 2.24) is 4.90 Å². The summed E-state index contributed by atoms with van der Waals surface area (Å²) in [5.74, 6) is -3.41. The van der Waals surface area contributed by atoms with Gasteiger partial charge in [0.15, 0.2) is 11.6 Å². The Morgan fingerprint density at radius 3 is 2.32 bits per heavy atom. The van der Waals surface area contributed by atoms with Crippen molar-refractivity contribution in [1.29, 1.82) is 0 Å². The van der Waals surface area contributed by atoms with Gasteiger partial charge in [0.1, 0.15) is 0 Å². The SMILES string of the molecule is O=C(C1CC1c1cccc(F)c1F)N1CCC(C(=O)O)(c2ccccc2)CC1. The van der Waals surface area contributed by atoms with E-state index in [2.05, 4.69) is 0 Å². The Bertz CT molecular complexity index is 907. The molecule has 2 aromatic rings. The number of nitrogens with zero attached hydrogens (tertiary/aromatic N) is 1. The van der Waals surface area contributed by atoms with Gasteiger partial charge in [-0.05, 0) is 42.4 Å². The van der Waals surface area contributed by atoms with Crippen molar-refractivity contribution in [3.05, 3.63) is 71.3 Å². The molecular weight excluding hydrogens is 364 g/mol. The number of benzene rings is 2. The number of carbonyl (C=O) groups is 2. The second-order valence-electron chi connectivity index (χ2n) is 7.67. The minimum Gasteiger partial charge on any atom is -0.481 e. The first-order chi connectivity index (χ1) is 13.4. The molecule has 4 nitrogen and oxygen atoms in total. The van der Waals surface area contributed by atoms with E-state index in [4.69, 9.17) is 0 Å². The van der Waals surface area contributed by atoms with E-state index in [0.717, 1.165) is 11.6 Å². The Labute approximate surface area is 161 Å². The molecule has 146 valence electrons. The lowest BCUT2D eigenvalue weighted by atomic mass is 9.73. The summed E-state index contributed by atoms with van der Waals surface area (Å²) in [6.45, 7) is 0.684. The van der Waals surface area contributed by atoms with Crippen LogP contribution in [0.5, 0.6) is 0 Å². The standard InChI is InChI=1S/C22H21F2NO3/c23-18-8-4-7-15(19(18)24)16-13-17(16)20(26)25-11-9-22(10-12-25,21(27)28)14-5-2-1-3-6-14/h1-8,16-17H,9-13H2,(H,27,28). The number of halogens is 2. The van der Waals surface area contributed by atoms with Gasteiger partial charge in [0, 0.05) is 19.0 Å². The maximum Gasteiger partial charge on any atom is 0.314 e. The maximum absolute atomic E-state index is 14.0. The highest BCUT2D eigenvalue weighted by Crippen LogP contribution is 2.50. The van der Waals surface area contributed by atoms with Gasteiger partial charge >= 0.3 is 5.97 Å². The first-order valence-corrected chi connectivity index (χ1v) is 9.45. The van der Waals surface area contributed by atoms with Crippen LogP contribution in [0.3, 0.4) is 0 Å². The molecular formula is C22H21F2NO3. The Balaban J connectivity index is 1.45. The van der Waals surface area contributed by atoms with Crippen LogP contribution >= 0.6 is 0 Å². The Morgan fingerprint density at radius 2 is 1.68 bits per heavy atom. The average Bonchev–Trinajstić information content (AvgIpc) is 3.50. The second-order valence-corrected chi connectivity index (χ2v) is 7.67. The number of carbonyl (C=O) groups excluding carboxylic acids is 1. The fourth-order valence-corrected chi connectivity index (χ4v) is 4.35. The molecule has 2 aliphatic rings. The average molecular weight is 385 g/mol. The molecule has 1 saturated carbocycles. The Morgan fingerprint density at radius 1 is 1.00 bits per heavy atom. The lowest BCUT2D eigenvalue weighted by Gasteiger charge is -2.39. The maximum atomic E-state index is 14.0. The van der Waals surface area contributed by atoms with Crippen molar-refractivity contribution in [2.24, 2.45) is 5.92 Å². The highest BCUT2D eigenvalue weighted by molar-refractivity contribution is 5.85. The van der Waals surface area contributed by atoms with Gasteiger partial charge in [-0.2, -0.15) is 0 Å². The molecule has 1 aliphatic carbocycles. The van der Waals surface area contributed by atoms with Crippen LogP contribution in [-0.2, 0) is 15.0 Å². The minimum absolute atomic E-state index is 0.0966. The van der Waals surface area contributed by atoms with Crippen molar-refractivity contribution < 1.29 is 23.5 Å². The third-order valence-corrected chi connectivity index (χ3v) is 6.15. The van der Waals surface area contributed by atoms with Crippen LogP contribution in [0.4, 0.5) is 8.78 Å². The van der Waals surface area contributed by atoms with E-state index in [1.807, 2.05) is 30.3 Å². The molecule has 1 saturated heterocycles. The number of amides is 1. The van der Waals surface area contributed by atoms with E-state index in [0.29, 0.717) is 32.4 Å². The summed E-state index contributed by atoms with van der Waals surface area (Å²) >= 11 is 0. The third-order valence-electron chi connectivity index (χ3n) is 6.15. The van der Waals surface area contributed by atoms with Gasteiger partial charge in [-0.1, -0.05) is 42.5 Å². The molecule has 1 amide bonds. The number of carboxylic acid groups (broad SMARTS) is 1. The van der Waals surface area contributed by atoms with E-state index in [1.54, 1.807) is 4.90 Å². The summed E-state index contributed by atoms with van der Waals surface area (Å²) in [6, 6.07) is 13.2. The predicted octanol–water partition coefficient (Wildman–Crippen LogP) is 3.71. The van der Waals surface area contributed by atoms with Crippen molar-refractivity contribution in [3.8, 4) is 0 Å². The summed E-state index contributed by atoms with van der Waals surface area (Å²) in [5.41, 5.74) is 0.00982. The number of piperidine rings is 1. The molecule has 6 heteroatoms. The van der Waals surface area contributed by atoms with Gasteiger partial charge in [0.2, 0.25) is 5.91 Å². The van der Waals surface area contributed by atoms with Crippen molar-refractivity contribution in [3.63, 3.8) is 0 Å². The molecule has 0 radical (unpaired) electrons. The summed E-state index contributed by atoms with van der Waals surface area (Å²) in [6.07, 6.45) is 1.17. The molecule has 4 rings (SSSR count). The Hall–Kier alpha value is -2.76. The third kappa shape index (κ3) is 3.07. The van der Waals surface area contributed by atoms with Gasteiger partial charge in [0.05, 0.1) is 5.41 Å². The molecule has 1 aliphatic heterocycles. The zero-order valence-corrected chi connectivity index (χ0v) is 15.3. The molecule has 0 spiro atoms. The minimum atomic E-state index is -0.990. The molecule has 2 aromatic carbocycles. The summed E-state index contributed by atoms with van der Waals surface area (Å²) < 4.78 is 27.4. The highest BCUT2D eigenvalue weighted by atomic mass is 19.2. The van der Waals surface area contributed by atoms with Gasteiger partial charge in [-0.15, -0.1) is 0 Å². The highest BCUT2D eigenvalue weighted by Gasteiger charge is 2.50. The van der Waals surface area contributed by atoms with Crippen molar-refractivity contribution in [2.75, 3.05) is 13.1 Å². The monoisotopic (exact) mass is 385 g/mol. The van der Waals surface area contributed by atoms with E-state index >= 15 is 0 Å². The largest absolute Gasteiger partial charge is 0.481 e. The molecule has 1 N–H and O–H groups in total. The summed E-state index contributed by atoms with van der Waals surface area (Å²) in [5, 5.41) is 9.86. The van der Waals surface area contributed by atoms with Gasteiger partial charge in [0.25, 0.3) is 0 Å².